The molecule has 0 fully saturated rings. The van der Waals surface area contributed by atoms with Gasteiger partial charge in [0.15, 0.2) is 15.6 Å². The summed E-state index contributed by atoms with van der Waals surface area (Å²) in [5.74, 6) is -0.0573. The van der Waals surface area contributed by atoms with Gasteiger partial charge in [-0.15, -0.1) is 11.3 Å². The van der Waals surface area contributed by atoms with E-state index in [9.17, 15) is 13.5 Å². The van der Waals surface area contributed by atoms with Crippen molar-refractivity contribution in [2.75, 3.05) is 5.75 Å². The molecule has 7 heteroatoms. The van der Waals surface area contributed by atoms with E-state index in [0.717, 1.165) is 4.88 Å². The van der Waals surface area contributed by atoms with E-state index in [4.69, 9.17) is 4.52 Å². The lowest BCUT2D eigenvalue weighted by Gasteiger charge is -2.10. The molecule has 0 aliphatic rings. The molecule has 2 heterocycles. The molecule has 1 atom stereocenters. The van der Waals surface area contributed by atoms with Gasteiger partial charge in [-0.3, -0.25) is 0 Å². The molecule has 3 aromatic rings. The number of hydrogen-bond donors (Lipinski definition) is 1. The monoisotopic (exact) mass is 349 g/mol. The lowest BCUT2D eigenvalue weighted by molar-refractivity contribution is 0.201. The highest BCUT2D eigenvalue weighted by molar-refractivity contribution is 7.90. The fourth-order valence-corrected chi connectivity index (χ4v) is 4.26. The Morgan fingerprint density at radius 2 is 1.96 bits per heavy atom. The van der Waals surface area contributed by atoms with E-state index >= 15 is 0 Å². The van der Waals surface area contributed by atoms with E-state index in [1.54, 1.807) is 30.3 Å². The molecular weight excluding hydrogens is 334 g/mol. The van der Waals surface area contributed by atoms with Crippen molar-refractivity contribution in [3.05, 3.63) is 65.2 Å². The third-order valence-electron chi connectivity index (χ3n) is 3.29. The van der Waals surface area contributed by atoms with Gasteiger partial charge in [-0.25, -0.2) is 8.42 Å². The largest absolute Gasteiger partial charge is 0.387 e. The smallest absolute Gasteiger partial charge is 0.177 e. The molecule has 0 radical (unpaired) electrons. The molecule has 0 bridgehead atoms. The average Bonchev–Trinajstić information content (AvgIpc) is 3.18. The van der Waals surface area contributed by atoms with E-state index in [2.05, 4.69) is 5.16 Å². The van der Waals surface area contributed by atoms with Crippen LogP contribution in [0.25, 0.3) is 10.6 Å². The van der Waals surface area contributed by atoms with Gasteiger partial charge in [0.05, 0.1) is 28.2 Å². The molecule has 3 rings (SSSR count). The predicted octanol–water partition coefficient (Wildman–Crippen LogP) is 3.05. The Morgan fingerprint density at radius 3 is 2.65 bits per heavy atom. The molecule has 0 aliphatic carbocycles. The number of aliphatic hydroxyl groups excluding tert-OH is 1. The Hall–Kier alpha value is -1.96. The Kier molecular flexibility index (Phi) is 4.61. The van der Waals surface area contributed by atoms with Crippen LogP contribution in [0.2, 0.25) is 0 Å². The molecule has 5 nitrogen and oxygen atoms in total. The lowest BCUT2D eigenvalue weighted by Crippen LogP contribution is -2.16. The minimum absolute atomic E-state index is 0.258. The first-order chi connectivity index (χ1) is 11.0. The Labute approximate surface area is 138 Å². The Bertz CT molecular complexity index is 855. The zero-order valence-corrected chi connectivity index (χ0v) is 13.8. The molecule has 1 unspecified atom stereocenters. The maximum atomic E-state index is 12.2. The second kappa shape index (κ2) is 6.66. The third-order valence-corrected chi connectivity index (χ3v) is 5.73. The van der Waals surface area contributed by atoms with Crippen molar-refractivity contribution in [2.24, 2.45) is 0 Å². The lowest BCUT2D eigenvalue weighted by atomic mass is 10.1. The molecule has 0 spiro atoms. The number of nitrogens with zero attached hydrogens (tertiary/aromatic N) is 1. The van der Waals surface area contributed by atoms with Crippen LogP contribution >= 0.6 is 11.3 Å². The van der Waals surface area contributed by atoms with Crippen LogP contribution in [-0.4, -0.2) is 24.4 Å². The SMILES string of the molecule is O=S(=O)(Cc1cc(-c2cccs2)on1)CC(O)c1ccccc1. The van der Waals surface area contributed by atoms with Crippen molar-refractivity contribution in [3.8, 4) is 10.6 Å². The summed E-state index contributed by atoms with van der Waals surface area (Å²) >= 11 is 1.49. The Morgan fingerprint density at radius 1 is 1.17 bits per heavy atom. The number of rotatable bonds is 6. The second-order valence-corrected chi connectivity index (χ2v) is 8.20. The Balaban J connectivity index is 1.69. The molecule has 1 N–H and O–H groups in total. The summed E-state index contributed by atoms with van der Waals surface area (Å²) < 4.78 is 29.7. The van der Waals surface area contributed by atoms with Gasteiger partial charge in [0.25, 0.3) is 0 Å². The molecule has 0 saturated heterocycles. The minimum Gasteiger partial charge on any atom is -0.387 e. The van der Waals surface area contributed by atoms with Gasteiger partial charge >= 0.3 is 0 Å². The first-order valence-corrected chi connectivity index (χ1v) is 9.66. The predicted molar refractivity (Wildman–Crippen MR) is 88.7 cm³/mol. The van der Waals surface area contributed by atoms with Crippen molar-refractivity contribution in [3.63, 3.8) is 0 Å². The van der Waals surface area contributed by atoms with Gasteiger partial charge in [0.2, 0.25) is 0 Å². The van der Waals surface area contributed by atoms with Crippen LogP contribution < -0.4 is 0 Å². The van der Waals surface area contributed by atoms with Gasteiger partial charge in [-0.2, -0.15) is 0 Å². The minimum atomic E-state index is -3.51. The first-order valence-electron chi connectivity index (χ1n) is 6.96. The van der Waals surface area contributed by atoms with Crippen LogP contribution in [-0.2, 0) is 15.6 Å². The summed E-state index contributed by atoms with van der Waals surface area (Å²) in [6, 6.07) is 14.1. The van der Waals surface area contributed by atoms with Gasteiger partial charge in [-0.05, 0) is 17.0 Å². The van der Waals surface area contributed by atoms with Crippen LogP contribution in [0.3, 0.4) is 0 Å². The highest BCUT2D eigenvalue weighted by atomic mass is 32.2. The fourth-order valence-electron chi connectivity index (χ4n) is 2.21. The number of thiophene rings is 1. The summed E-state index contributed by atoms with van der Waals surface area (Å²) in [5.41, 5.74) is 0.921. The van der Waals surface area contributed by atoms with E-state index in [0.29, 0.717) is 17.0 Å². The molecule has 0 saturated carbocycles. The molecule has 0 amide bonds. The maximum absolute atomic E-state index is 12.2. The zero-order valence-electron chi connectivity index (χ0n) is 12.1. The van der Waals surface area contributed by atoms with E-state index in [1.807, 2.05) is 23.6 Å². The van der Waals surface area contributed by atoms with Crippen LogP contribution in [0.15, 0.2) is 58.4 Å². The second-order valence-electron chi connectivity index (χ2n) is 5.14. The van der Waals surface area contributed by atoms with Crippen molar-refractivity contribution < 1.29 is 18.0 Å². The van der Waals surface area contributed by atoms with Crippen LogP contribution in [0.4, 0.5) is 0 Å². The number of hydrogen-bond acceptors (Lipinski definition) is 6. The van der Waals surface area contributed by atoms with E-state index in [-0.39, 0.29) is 11.5 Å². The van der Waals surface area contributed by atoms with E-state index < -0.39 is 15.9 Å². The van der Waals surface area contributed by atoms with Gasteiger partial charge in [-0.1, -0.05) is 41.6 Å². The normalized spacial score (nSPS) is 13.1. The van der Waals surface area contributed by atoms with Gasteiger partial charge < -0.3 is 9.63 Å². The molecule has 2 aromatic heterocycles. The molecular formula is C16H15NO4S2. The number of aliphatic hydroxyl groups is 1. The number of benzene rings is 1. The van der Waals surface area contributed by atoms with Gasteiger partial charge in [0, 0.05) is 6.07 Å². The van der Waals surface area contributed by atoms with Crippen LogP contribution in [0, 0.1) is 0 Å². The third kappa shape index (κ3) is 4.07. The quantitative estimate of drug-likeness (QED) is 0.740. The summed E-state index contributed by atoms with van der Waals surface area (Å²) in [5, 5.41) is 15.8. The van der Waals surface area contributed by atoms with Crippen molar-refractivity contribution in [1.82, 2.24) is 5.16 Å². The van der Waals surface area contributed by atoms with Crippen molar-refractivity contribution in [1.29, 1.82) is 0 Å². The first kappa shape index (κ1) is 15.9. The van der Waals surface area contributed by atoms with Crippen molar-refractivity contribution in [2.45, 2.75) is 11.9 Å². The number of aromatic nitrogens is 1. The van der Waals surface area contributed by atoms with E-state index in [1.165, 1.54) is 11.3 Å². The summed E-state index contributed by atoms with van der Waals surface area (Å²) in [6.45, 7) is 0. The standard InChI is InChI=1S/C16H15NO4S2/c18-14(12-5-2-1-3-6-12)11-23(19,20)10-13-9-15(21-17-13)16-7-4-8-22-16/h1-9,14,18H,10-11H2. The topological polar surface area (TPSA) is 80.4 Å². The van der Waals surface area contributed by atoms with Crippen LogP contribution in [0.5, 0.6) is 0 Å². The summed E-state index contributed by atoms with van der Waals surface area (Å²) in [4.78, 5) is 0.894. The number of sulfone groups is 1. The summed E-state index contributed by atoms with van der Waals surface area (Å²) in [7, 11) is -3.51. The van der Waals surface area contributed by atoms with Crippen LogP contribution in [0.1, 0.15) is 17.4 Å². The zero-order chi connectivity index (χ0) is 16.3. The summed E-state index contributed by atoms with van der Waals surface area (Å²) in [6.07, 6.45) is -1.05. The molecule has 23 heavy (non-hydrogen) atoms. The highest BCUT2D eigenvalue weighted by Crippen LogP contribution is 2.26. The fraction of sp³-hybridized carbons (Fsp3) is 0.188. The van der Waals surface area contributed by atoms with Gasteiger partial charge in [0.1, 0.15) is 0 Å². The molecule has 1 aromatic carbocycles. The average molecular weight is 349 g/mol. The van der Waals surface area contributed by atoms with Crippen molar-refractivity contribution >= 4 is 21.2 Å². The molecule has 0 aliphatic heterocycles. The highest BCUT2D eigenvalue weighted by Gasteiger charge is 2.21. The molecule has 120 valence electrons. The maximum Gasteiger partial charge on any atom is 0.177 e.